The summed E-state index contributed by atoms with van der Waals surface area (Å²) in [6.45, 7) is 7.71. The summed E-state index contributed by atoms with van der Waals surface area (Å²) >= 11 is 0. The van der Waals surface area contributed by atoms with Crippen molar-refractivity contribution in [2.75, 3.05) is 0 Å². The fraction of sp³-hybridized carbons (Fsp3) is 0.846. The van der Waals surface area contributed by atoms with Gasteiger partial charge in [-0.2, -0.15) is 5.10 Å². The molecule has 0 bridgehead atoms. The van der Waals surface area contributed by atoms with E-state index in [1.807, 2.05) is 18.5 Å². The van der Waals surface area contributed by atoms with Crippen molar-refractivity contribution < 1.29 is 8.78 Å². The topological polar surface area (TPSA) is 42.7 Å². The Hall–Kier alpha value is -1.04. The van der Waals surface area contributed by atoms with Crippen LogP contribution in [-0.2, 0) is 6.54 Å². The first-order chi connectivity index (χ1) is 8.82. The Kier molecular flexibility index (Phi) is 3.90. The van der Waals surface area contributed by atoms with Gasteiger partial charge in [0.15, 0.2) is 0 Å². The summed E-state index contributed by atoms with van der Waals surface area (Å²) in [5.41, 5.74) is -1.06. The molecule has 2 rings (SSSR count). The maximum Gasteiger partial charge on any atom is 0.245 e. The highest BCUT2D eigenvalue weighted by Gasteiger charge is 2.37. The summed E-state index contributed by atoms with van der Waals surface area (Å²) in [5.74, 6) is 1.62. The molecule has 0 saturated carbocycles. The molecule has 0 radical (unpaired) electrons. The number of nitrogens with one attached hydrogen (secondary N) is 1. The van der Waals surface area contributed by atoms with Crippen LogP contribution in [0.2, 0.25) is 0 Å². The van der Waals surface area contributed by atoms with Crippen LogP contribution in [0.4, 0.5) is 8.78 Å². The van der Waals surface area contributed by atoms with E-state index in [2.05, 4.69) is 15.4 Å². The number of halogens is 2. The van der Waals surface area contributed by atoms with Crippen molar-refractivity contribution in [2.45, 2.75) is 65.6 Å². The smallest absolute Gasteiger partial charge is 0.245 e. The molecule has 1 aromatic heterocycles. The minimum atomic E-state index is -2.35. The maximum atomic E-state index is 13.0. The van der Waals surface area contributed by atoms with Gasteiger partial charge in [0.2, 0.25) is 6.43 Å². The molecule has 19 heavy (non-hydrogen) atoms. The lowest BCUT2D eigenvalue weighted by atomic mass is 9.85. The number of fused-ring (bicyclic) bond motifs is 1. The van der Waals surface area contributed by atoms with Gasteiger partial charge in [-0.15, -0.1) is 0 Å². The van der Waals surface area contributed by atoms with Gasteiger partial charge >= 0.3 is 0 Å². The van der Waals surface area contributed by atoms with Crippen molar-refractivity contribution in [3.05, 3.63) is 11.6 Å². The second-order valence-electron chi connectivity index (χ2n) is 5.95. The number of aromatic nitrogens is 3. The second kappa shape index (κ2) is 5.15. The van der Waals surface area contributed by atoms with Crippen LogP contribution in [-0.4, -0.2) is 27.2 Å². The molecular weight excluding hydrogens is 250 g/mol. The summed E-state index contributed by atoms with van der Waals surface area (Å²) in [7, 11) is 0. The van der Waals surface area contributed by atoms with Crippen LogP contribution < -0.4 is 5.32 Å². The summed E-state index contributed by atoms with van der Waals surface area (Å²) in [6, 6.07) is -0.274. The van der Waals surface area contributed by atoms with Crippen molar-refractivity contribution in [3.8, 4) is 0 Å². The standard InChI is InChI=1S/C13H22F2N4/c1-8(13(3,4)12(14)15)16-10-6-5-7-19-11(10)17-9(2)18-19/h8,10,12,16H,5-7H2,1-4H3. The van der Waals surface area contributed by atoms with Gasteiger partial charge in [0.05, 0.1) is 6.04 Å². The van der Waals surface area contributed by atoms with Crippen LogP contribution in [0.1, 0.15) is 51.3 Å². The van der Waals surface area contributed by atoms with E-state index in [1.165, 1.54) is 0 Å². The Morgan fingerprint density at radius 1 is 1.42 bits per heavy atom. The number of nitrogens with zero attached hydrogens (tertiary/aromatic N) is 3. The first-order valence-corrected chi connectivity index (χ1v) is 6.78. The highest BCUT2D eigenvalue weighted by molar-refractivity contribution is 5.02. The van der Waals surface area contributed by atoms with Gasteiger partial charge in [0.1, 0.15) is 11.6 Å². The third-order valence-electron chi connectivity index (χ3n) is 4.11. The molecule has 2 unspecified atom stereocenters. The van der Waals surface area contributed by atoms with Gasteiger partial charge in [-0.3, -0.25) is 0 Å². The average molecular weight is 272 g/mol. The lowest BCUT2D eigenvalue weighted by molar-refractivity contribution is -0.00594. The molecule has 0 amide bonds. The molecular formula is C13H22F2N4. The molecule has 0 spiro atoms. The maximum absolute atomic E-state index is 13.0. The number of rotatable bonds is 4. The lowest BCUT2D eigenvalue weighted by Gasteiger charge is -2.35. The van der Waals surface area contributed by atoms with Crippen LogP contribution >= 0.6 is 0 Å². The van der Waals surface area contributed by atoms with E-state index in [0.29, 0.717) is 0 Å². The Bertz CT molecular complexity index is 442. The van der Waals surface area contributed by atoms with Crippen molar-refractivity contribution in [3.63, 3.8) is 0 Å². The molecule has 1 aliphatic heterocycles. The molecule has 0 saturated heterocycles. The van der Waals surface area contributed by atoms with E-state index in [-0.39, 0.29) is 12.1 Å². The Morgan fingerprint density at radius 2 is 2.11 bits per heavy atom. The van der Waals surface area contributed by atoms with Crippen LogP contribution in [0.5, 0.6) is 0 Å². The fourth-order valence-electron chi connectivity index (χ4n) is 2.33. The number of alkyl halides is 2. The van der Waals surface area contributed by atoms with Crippen LogP contribution in [0.25, 0.3) is 0 Å². The van der Waals surface area contributed by atoms with Gasteiger partial charge < -0.3 is 5.32 Å². The fourth-order valence-corrected chi connectivity index (χ4v) is 2.33. The molecule has 1 aromatic rings. The van der Waals surface area contributed by atoms with E-state index in [9.17, 15) is 8.78 Å². The van der Waals surface area contributed by atoms with Gasteiger partial charge in [-0.25, -0.2) is 18.4 Å². The molecule has 108 valence electrons. The molecule has 1 aliphatic rings. The van der Waals surface area contributed by atoms with Gasteiger partial charge in [-0.1, -0.05) is 13.8 Å². The summed E-state index contributed by atoms with van der Waals surface area (Å²) in [4.78, 5) is 4.41. The number of aryl methyl sites for hydroxylation is 2. The van der Waals surface area contributed by atoms with Crippen LogP contribution in [0, 0.1) is 12.3 Å². The molecule has 2 heterocycles. The average Bonchev–Trinajstić information content (AvgIpc) is 2.70. The third-order valence-corrected chi connectivity index (χ3v) is 4.11. The summed E-state index contributed by atoms with van der Waals surface area (Å²) < 4.78 is 28.0. The predicted molar refractivity (Wildman–Crippen MR) is 69.1 cm³/mol. The zero-order chi connectivity index (χ0) is 14.2. The quantitative estimate of drug-likeness (QED) is 0.916. The number of hydrogen-bond acceptors (Lipinski definition) is 3. The Morgan fingerprint density at radius 3 is 2.74 bits per heavy atom. The lowest BCUT2D eigenvalue weighted by Crippen LogP contribution is -2.46. The Balaban J connectivity index is 2.12. The summed E-state index contributed by atoms with van der Waals surface area (Å²) in [5, 5.41) is 7.63. The van der Waals surface area contributed by atoms with Crippen molar-refractivity contribution in [1.82, 2.24) is 20.1 Å². The second-order valence-corrected chi connectivity index (χ2v) is 5.95. The minimum Gasteiger partial charge on any atom is -0.304 e. The molecule has 1 N–H and O–H groups in total. The highest BCUT2D eigenvalue weighted by Crippen LogP contribution is 2.32. The molecule has 0 aromatic carbocycles. The van der Waals surface area contributed by atoms with Crippen molar-refractivity contribution in [1.29, 1.82) is 0 Å². The largest absolute Gasteiger partial charge is 0.304 e. The number of hydrogen-bond donors (Lipinski definition) is 1. The molecule has 4 nitrogen and oxygen atoms in total. The molecule has 0 fully saturated rings. The van der Waals surface area contributed by atoms with E-state index < -0.39 is 11.8 Å². The van der Waals surface area contributed by atoms with E-state index in [1.54, 1.807) is 13.8 Å². The molecule has 0 aliphatic carbocycles. The van der Waals surface area contributed by atoms with Crippen LogP contribution in [0.15, 0.2) is 0 Å². The first-order valence-electron chi connectivity index (χ1n) is 6.78. The third kappa shape index (κ3) is 2.78. The van der Waals surface area contributed by atoms with Gasteiger partial charge in [0.25, 0.3) is 0 Å². The Labute approximate surface area is 112 Å². The van der Waals surface area contributed by atoms with Gasteiger partial charge in [0, 0.05) is 18.0 Å². The zero-order valence-electron chi connectivity index (χ0n) is 12.0. The summed E-state index contributed by atoms with van der Waals surface area (Å²) in [6.07, 6.45) is -0.435. The minimum absolute atomic E-state index is 0.0166. The van der Waals surface area contributed by atoms with E-state index in [4.69, 9.17) is 0 Å². The van der Waals surface area contributed by atoms with E-state index >= 15 is 0 Å². The molecule has 6 heteroatoms. The first kappa shape index (κ1) is 14.4. The normalized spacial score (nSPS) is 21.5. The van der Waals surface area contributed by atoms with E-state index in [0.717, 1.165) is 31.0 Å². The predicted octanol–water partition coefficient (Wildman–Crippen LogP) is 2.69. The highest BCUT2D eigenvalue weighted by atomic mass is 19.3. The molecule has 2 atom stereocenters. The monoisotopic (exact) mass is 272 g/mol. The van der Waals surface area contributed by atoms with Crippen LogP contribution in [0.3, 0.4) is 0 Å². The van der Waals surface area contributed by atoms with Crippen molar-refractivity contribution in [2.24, 2.45) is 5.41 Å². The zero-order valence-corrected chi connectivity index (χ0v) is 12.0. The SMILES string of the molecule is Cc1nc2n(n1)CCCC2NC(C)C(C)(C)C(F)F. The van der Waals surface area contributed by atoms with Gasteiger partial charge in [-0.05, 0) is 26.7 Å². The van der Waals surface area contributed by atoms with Crippen molar-refractivity contribution >= 4 is 0 Å².